The van der Waals surface area contributed by atoms with Crippen LogP contribution >= 0.6 is 15.9 Å². The van der Waals surface area contributed by atoms with Crippen molar-refractivity contribution in [3.8, 4) is 5.75 Å². The molecule has 2 nitrogen and oxygen atoms in total. The molecule has 0 bridgehead atoms. The minimum atomic E-state index is -4.97. The lowest BCUT2D eigenvalue weighted by atomic mass is 10.3. The summed E-state index contributed by atoms with van der Waals surface area (Å²) < 4.78 is 76.2. The van der Waals surface area contributed by atoms with E-state index in [0.29, 0.717) is 0 Å². The van der Waals surface area contributed by atoms with Crippen molar-refractivity contribution in [1.29, 1.82) is 0 Å². The molecule has 0 aliphatic heterocycles. The molecule has 0 aliphatic carbocycles. The molecule has 0 saturated carbocycles. The smallest absolute Gasteiger partial charge is 0.433 e. The zero-order valence-electron chi connectivity index (χ0n) is 10.9. The van der Waals surface area contributed by atoms with Gasteiger partial charge in [0, 0.05) is 12.2 Å². The van der Waals surface area contributed by atoms with Crippen molar-refractivity contribution in [2.75, 3.05) is 7.04 Å². The van der Waals surface area contributed by atoms with Gasteiger partial charge in [0.05, 0.1) is 18.4 Å². The Balaban J connectivity index is 3.46. The highest BCUT2D eigenvalue weighted by molar-refractivity contribution is 9.10. The molecule has 13 heavy (non-hydrogen) atoms. The summed E-state index contributed by atoms with van der Waals surface area (Å²) in [6.07, 6.45) is -5.84. The maximum absolute atomic E-state index is 12.5. The van der Waals surface area contributed by atoms with E-state index in [9.17, 15) is 13.2 Å². The molecule has 0 aromatic carbocycles. The van der Waals surface area contributed by atoms with Crippen molar-refractivity contribution in [3.05, 3.63) is 22.4 Å². The van der Waals surface area contributed by atoms with E-state index < -0.39 is 41.3 Å². The molecular weight excluding hydrogens is 251 g/mol. The number of hydrogen-bond acceptors (Lipinski definition) is 2. The van der Waals surface area contributed by atoms with E-state index in [2.05, 4.69) is 25.7 Å². The molecule has 0 N–H and O–H groups in total. The van der Waals surface area contributed by atoms with E-state index in [1.54, 1.807) is 0 Å². The van der Waals surface area contributed by atoms with Crippen molar-refractivity contribution in [2.24, 2.45) is 0 Å². The van der Waals surface area contributed by atoms with Crippen molar-refractivity contribution in [2.45, 2.75) is 6.18 Å². The first-order valence-electron chi connectivity index (χ1n) is 5.36. The normalized spacial score (nSPS) is 18.0. The molecule has 1 aromatic heterocycles. The van der Waals surface area contributed by atoms with Gasteiger partial charge in [0.2, 0.25) is 0 Å². The first kappa shape index (κ1) is 5.19. The van der Waals surface area contributed by atoms with Crippen molar-refractivity contribution in [3.63, 3.8) is 0 Å². The van der Waals surface area contributed by atoms with Gasteiger partial charge >= 0.3 is 6.18 Å². The number of hydrogen-bond donors (Lipinski definition) is 0. The Bertz CT molecular complexity index is 476. The Labute approximate surface area is 87.9 Å². The van der Waals surface area contributed by atoms with Gasteiger partial charge < -0.3 is 4.74 Å². The lowest BCUT2D eigenvalue weighted by Crippen LogP contribution is -2.07. The Morgan fingerprint density at radius 1 is 1.69 bits per heavy atom. The fraction of sp³-hybridized carbons (Fsp3) is 0.286. The Morgan fingerprint density at radius 3 is 2.92 bits per heavy atom. The highest BCUT2D eigenvalue weighted by Gasteiger charge is 2.33. The molecule has 72 valence electrons. The fourth-order valence-corrected chi connectivity index (χ4v) is 0.819. The van der Waals surface area contributed by atoms with Crippen molar-refractivity contribution < 1.29 is 24.8 Å². The zero-order chi connectivity index (χ0) is 14.3. The molecule has 0 unspecified atom stereocenters. The average molecular weight is 261 g/mol. The second-order valence-corrected chi connectivity index (χ2v) is 2.73. The van der Waals surface area contributed by atoms with E-state index in [1.165, 1.54) is 0 Å². The van der Waals surface area contributed by atoms with E-state index >= 15 is 0 Å². The number of methoxy groups -OCH3 is 1. The number of nitrogens with zero attached hydrogens (tertiary/aromatic N) is 1. The van der Waals surface area contributed by atoms with E-state index in [1.807, 2.05) is 0 Å². The Kier molecular flexibility index (Phi) is 1.41. The standard InChI is InChI=1S/C7H5BrF3NO/c1-13-5-2-6(7(9,10)11)12-3-4(5)8/h2-3H,1H3/i1D3,2D,3D. The third-order valence-corrected chi connectivity index (χ3v) is 1.61. The summed E-state index contributed by atoms with van der Waals surface area (Å²) in [4.78, 5) is 2.88. The van der Waals surface area contributed by atoms with Gasteiger partial charge in [-0.15, -0.1) is 0 Å². The lowest BCUT2D eigenvalue weighted by molar-refractivity contribution is -0.141. The van der Waals surface area contributed by atoms with Crippen LogP contribution in [0.15, 0.2) is 16.7 Å². The van der Waals surface area contributed by atoms with Crippen LogP contribution in [-0.4, -0.2) is 12.0 Å². The third-order valence-electron chi connectivity index (χ3n) is 1.07. The Hall–Kier alpha value is -0.780. The van der Waals surface area contributed by atoms with Crippen LogP contribution in [0.2, 0.25) is 0 Å². The van der Waals surface area contributed by atoms with Gasteiger partial charge in [-0.1, -0.05) is 0 Å². The summed E-state index contributed by atoms with van der Waals surface area (Å²) in [7, 11) is -3.03. The minimum Gasteiger partial charge on any atom is -0.495 e. The van der Waals surface area contributed by atoms with Crippen molar-refractivity contribution >= 4 is 15.9 Å². The monoisotopic (exact) mass is 260 g/mol. The van der Waals surface area contributed by atoms with Crippen LogP contribution in [0.5, 0.6) is 5.75 Å². The maximum atomic E-state index is 12.5. The zero-order valence-corrected chi connectivity index (χ0v) is 7.45. The summed E-state index contributed by atoms with van der Waals surface area (Å²) in [5.74, 6) is -0.887. The first-order chi connectivity index (χ1) is 7.93. The lowest BCUT2D eigenvalue weighted by Gasteiger charge is -2.08. The van der Waals surface area contributed by atoms with Gasteiger partial charge in [0.15, 0.2) is 0 Å². The van der Waals surface area contributed by atoms with Crippen LogP contribution in [0.25, 0.3) is 0 Å². The third kappa shape index (κ3) is 2.33. The van der Waals surface area contributed by atoms with Crippen molar-refractivity contribution in [1.82, 2.24) is 4.98 Å². The van der Waals surface area contributed by atoms with E-state index in [-0.39, 0.29) is 0 Å². The molecule has 0 spiro atoms. The van der Waals surface area contributed by atoms with Gasteiger partial charge in [0.25, 0.3) is 0 Å². The van der Waals surface area contributed by atoms with Crippen LogP contribution in [0, 0.1) is 0 Å². The summed E-state index contributed by atoms with van der Waals surface area (Å²) >= 11 is 2.67. The van der Waals surface area contributed by atoms with Gasteiger partial charge in [0.1, 0.15) is 11.4 Å². The number of alkyl halides is 3. The highest BCUT2D eigenvalue weighted by atomic mass is 79.9. The van der Waals surface area contributed by atoms with Gasteiger partial charge in [-0.05, 0) is 15.9 Å². The number of pyridine rings is 1. The largest absolute Gasteiger partial charge is 0.495 e. The van der Waals surface area contributed by atoms with Crippen LogP contribution in [0.3, 0.4) is 0 Å². The molecule has 0 atom stereocenters. The number of ether oxygens (including phenoxy) is 1. The second-order valence-electron chi connectivity index (χ2n) is 1.94. The van der Waals surface area contributed by atoms with E-state index in [0.717, 1.165) is 0 Å². The molecule has 1 aromatic rings. The molecule has 0 fully saturated rings. The first-order valence-corrected chi connectivity index (χ1v) is 3.65. The topological polar surface area (TPSA) is 22.1 Å². The van der Waals surface area contributed by atoms with E-state index in [4.69, 9.17) is 6.85 Å². The highest BCUT2D eigenvalue weighted by Crippen LogP contribution is 2.32. The summed E-state index contributed by atoms with van der Waals surface area (Å²) in [5.41, 5.74) is -1.67. The summed E-state index contributed by atoms with van der Waals surface area (Å²) in [5, 5.41) is 0. The van der Waals surface area contributed by atoms with Crippen LogP contribution < -0.4 is 4.74 Å². The molecule has 1 heterocycles. The quantitative estimate of drug-likeness (QED) is 0.775. The van der Waals surface area contributed by atoms with Crippen LogP contribution in [0.4, 0.5) is 13.2 Å². The molecule has 1 rings (SSSR count). The average Bonchev–Trinajstić information content (AvgIpc) is 2.15. The number of aromatic nitrogens is 1. The van der Waals surface area contributed by atoms with Crippen LogP contribution in [-0.2, 0) is 6.18 Å². The molecule has 0 saturated heterocycles. The SMILES string of the molecule is [2H]c1nc(C(F)(F)F)c([2H])c(OC([2H])([2H])[2H])c1Br. The van der Waals surface area contributed by atoms with Crippen LogP contribution in [0.1, 0.15) is 12.5 Å². The molecular formula is C7H5BrF3NO. The Morgan fingerprint density at radius 2 is 2.38 bits per heavy atom. The second kappa shape index (κ2) is 3.53. The van der Waals surface area contributed by atoms with Gasteiger partial charge in [-0.25, -0.2) is 0 Å². The molecule has 0 amide bonds. The number of rotatable bonds is 1. The minimum absolute atomic E-state index is 0.420. The molecule has 0 aliphatic rings. The predicted molar refractivity (Wildman–Crippen MR) is 43.5 cm³/mol. The maximum Gasteiger partial charge on any atom is 0.433 e. The van der Waals surface area contributed by atoms with Gasteiger partial charge in [-0.2, -0.15) is 13.2 Å². The van der Waals surface area contributed by atoms with Gasteiger partial charge in [-0.3, -0.25) is 4.98 Å². The predicted octanol–water partition coefficient (Wildman–Crippen LogP) is 2.87. The fourth-order valence-electron chi connectivity index (χ4n) is 0.551. The molecule has 0 radical (unpaired) electrons. The summed E-state index contributed by atoms with van der Waals surface area (Å²) in [6, 6.07) is -1.23. The number of halogens is 4. The summed E-state index contributed by atoms with van der Waals surface area (Å²) in [6.45, 7) is 0. The molecule has 6 heteroatoms.